The van der Waals surface area contributed by atoms with Crippen molar-refractivity contribution in [1.29, 1.82) is 0 Å². The Kier molecular flexibility index (Phi) is 7.48. The molecule has 0 aliphatic carbocycles. The van der Waals surface area contributed by atoms with Gasteiger partial charge in [0.2, 0.25) is 5.91 Å². The Morgan fingerprint density at radius 3 is 2.41 bits per heavy atom. The predicted molar refractivity (Wildman–Crippen MR) is 146 cm³/mol. The van der Waals surface area contributed by atoms with Gasteiger partial charge in [0, 0.05) is 31.9 Å². The fourth-order valence-electron chi connectivity index (χ4n) is 4.82. The van der Waals surface area contributed by atoms with Crippen LogP contribution in [0.1, 0.15) is 36.1 Å². The molecule has 0 spiro atoms. The smallest absolute Gasteiger partial charge is 0.338 e. The summed E-state index contributed by atoms with van der Waals surface area (Å²) in [5, 5.41) is 2.78. The molecule has 0 saturated carbocycles. The lowest BCUT2D eigenvalue weighted by Gasteiger charge is -2.37. The van der Waals surface area contributed by atoms with E-state index >= 15 is 0 Å². The molecule has 37 heavy (non-hydrogen) atoms. The average Bonchev–Trinajstić information content (AvgIpc) is 3.29. The van der Waals surface area contributed by atoms with Crippen molar-refractivity contribution in [3.63, 3.8) is 0 Å². The van der Waals surface area contributed by atoms with Crippen molar-refractivity contribution in [2.75, 3.05) is 33.2 Å². The molecule has 1 saturated heterocycles. The largest absolute Gasteiger partial charge is 0.457 e. The van der Waals surface area contributed by atoms with Crippen LogP contribution in [-0.4, -0.2) is 65.0 Å². The van der Waals surface area contributed by atoms with Gasteiger partial charge in [-0.2, -0.15) is 0 Å². The number of nitrogens with zero attached hydrogens (tertiary/aromatic N) is 4. The van der Waals surface area contributed by atoms with E-state index in [1.165, 1.54) is 11.8 Å². The second kappa shape index (κ2) is 10.9. The summed E-state index contributed by atoms with van der Waals surface area (Å²) in [5.41, 5.74) is 5.03. The van der Waals surface area contributed by atoms with Gasteiger partial charge in [-0.05, 0) is 37.4 Å². The minimum absolute atomic E-state index is 0.100. The molecule has 1 unspecified atom stereocenters. The first-order valence-electron chi connectivity index (χ1n) is 12.6. The highest BCUT2D eigenvalue weighted by Gasteiger charge is 2.41. The molecule has 3 aliphatic rings. The number of aryl methyl sites for hydroxylation is 1. The monoisotopic (exact) mass is 516 g/mol. The molecular formula is C29H32N4O3S. The lowest BCUT2D eigenvalue weighted by atomic mass is 9.93. The van der Waals surface area contributed by atoms with E-state index in [2.05, 4.69) is 16.8 Å². The fourth-order valence-corrected chi connectivity index (χ4v) is 5.78. The number of aliphatic imine (C=N–C) groups is 1. The number of allylic oxidation sites excluding steroid dienone is 1. The van der Waals surface area contributed by atoms with E-state index in [0.29, 0.717) is 11.3 Å². The van der Waals surface area contributed by atoms with Crippen molar-refractivity contribution >= 4 is 28.8 Å². The maximum atomic E-state index is 13.5. The average molecular weight is 517 g/mol. The van der Waals surface area contributed by atoms with Gasteiger partial charge >= 0.3 is 5.97 Å². The zero-order valence-corrected chi connectivity index (χ0v) is 22.3. The number of carbonyl (C=O) groups is 2. The van der Waals surface area contributed by atoms with Gasteiger partial charge in [-0.1, -0.05) is 71.9 Å². The molecule has 1 amide bonds. The number of benzene rings is 2. The maximum absolute atomic E-state index is 13.5. The van der Waals surface area contributed by atoms with E-state index < -0.39 is 12.0 Å². The van der Waals surface area contributed by atoms with Gasteiger partial charge < -0.3 is 19.4 Å². The molecule has 0 aromatic heterocycles. The highest BCUT2D eigenvalue weighted by molar-refractivity contribution is 8.16. The number of rotatable bonds is 6. The summed E-state index contributed by atoms with van der Waals surface area (Å²) in [7, 11) is 2.08. The van der Waals surface area contributed by atoms with Gasteiger partial charge in [-0.15, -0.1) is 0 Å². The molecule has 8 heteroatoms. The van der Waals surface area contributed by atoms with E-state index in [0.717, 1.165) is 53.7 Å². The van der Waals surface area contributed by atoms with Crippen molar-refractivity contribution in [2.45, 2.75) is 32.9 Å². The Morgan fingerprint density at radius 2 is 1.70 bits per heavy atom. The van der Waals surface area contributed by atoms with Crippen LogP contribution in [-0.2, 0) is 20.9 Å². The van der Waals surface area contributed by atoms with Gasteiger partial charge in [-0.3, -0.25) is 4.79 Å². The van der Waals surface area contributed by atoms with Crippen molar-refractivity contribution in [3.05, 3.63) is 93.7 Å². The third kappa shape index (κ3) is 5.50. The summed E-state index contributed by atoms with van der Waals surface area (Å²) in [6, 6.07) is 17.4. The molecule has 3 aliphatic heterocycles. The molecule has 192 valence electrons. The number of thioether (sulfide) groups is 1. The van der Waals surface area contributed by atoms with Crippen molar-refractivity contribution in [2.24, 2.45) is 4.99 Å². The number of amides is 1. The molecular weight excluding hydrogens is 484 g/mol. The van der Waals surface area contributed by atoms with Gasteiger partial charge in [0.25, 0.3) is 0 Å². The summed E-state index contributed by atoms with van der Waals surface area (Å²) in [4.78, 5) is 37.8. The molecule has 1 atom stereocenters. The van der Waals surface area contributed by atoms with Gasteiger partial charge in [-0.25, -0.2) is 9.79 Å². The number of ether oxygens (including phenoxy) is 1. The number of piperazine rings is 1. The first kappa shape index (κ1) is 25.3. The number of likely N-dealkylation sites (N-methyl/N-ethyl adjacent to an activating group) is 1. The maximum Gasteiger partial charge on any atom is 0.338 e. The van der Waals surface area contributed by atoms with Gasteiger partial charge in [0.05, 0.1) is 23.7 Å². The number of fused-ring (bicyclic) bond motifs is 1. The molecule has 2 aromatic rings. The summed E-state index contributed by atoms with van der Waals surface area (Å²) in [6.45, 7) is 7.30. The summed E-state index contributed by atoms with van der Waals surface area (Å²) < 4.78 is 5.78. The lowest BCUT2D eigenvalue weighted by Crippen LogP contribution is -2.47. The number of amidine groups is 1. The summed E-state index contributed by atoms with van der Waals surface area (Å²) >= 11 is 1.50. The van der Waals surface area contributed by atoms with Crippen LogP contribution in [0.5, 0.6) is 0 Å². The highest BCUT2D eigenvalue weighted by atomic mass is 32.2. The molecule has 3 heterocycles. The summed E-state index contributed by atoms with van der Waals surface area (Å²) in [5.74, 6) is -0.292. The quantitative estimate of drug-likeness (QED) is 0.528. The van der Waals surface area contributed by atoms with Crippen LogP contribution < -0.4 is 0 Å². The zero-order valence-electron chi connectivity index (χ0n) is 21.5. The zero-order chi connectivity index (χ0) is 25.9. The van der Waals surface area contributed by atoms with Crippen LogP contribution in [0.2, 0.25) is 0 Å². The number of carbonyl (C=O) groups excluding carboxylic acids is 2. The minimum atomic E-state index is -0.419. The molecule has 5 rings (SSSR count). The van der Waals surface area contributed by atoms with Crippen molar-refractivity contribution in [1.82, 2.24) is 14.7 Å². The molecule has 0 N–H and O–H groups in total. The van der Waals surface area contributed by atoms with Crippen LogP contribution in [0.25, 0.3) is 0 Å². The second-order valence-electron chi connectivity index (χ2n) is 9.73. The van der Waals surface area contributed by atoms with Crippen LogP contribution in [0, 0.1) is 6.92 Å². The van der Waals surface area contributed by atoms with E-state index in [4.69, 9.17) is 9.73 Å². The Morgan fingerprint density at radius 1 is 1.00 bits per heavy atom. The van der Waals surface area contributed by atoms with E-state index in [-0.39, 0.29) is 18.9 Å². The van der Waals surface area contributed by atoms with E-state index in [1.54, 1.807) is 0 Å². The third-order valence-electron chi connectivity index (χ3n) is 7.01. The van der Waals surface area contributed by atoms with Crippen LogP contribution in [0.4, 0.5) is 0 Å². The number of esters is 1. The number of hydrogen-bond acceptors (Lipinski definition) is 7. The molecule has 2 aromatic carbocycles. The molecule has 1 fully saturated rings. The molecule has 7 nitrogen and oxygen atoms in total. The van der Waals surface area contributed by atoms with Crippen molar-refractivity contribution < 1.29 is 14.3 Å². The minimum Gasteiger partial charge on any atom is -0.457 e. The van der Waals surface area contributed by atoms with E-state index in [1.807, 2.05) is 78.8 Å². The van der Waals surface area contributed by atoms with Crippen LogP contribution in [0.15, 0.2) is 82.0 Å². The second-order valence-corrected chi connectivity index (χ2v) is 10.6. The predicted octanol–water partition coefficient (Wildman–Crippen LogP) is 4.48. The Hall–Kier alpha value is -3.36. The van der Waals surface area contributed by atoms with Crippen LogP contribution in [0.3, 0.4) is 0 Å². The normalized spacial score (nSPS) is 19.9. The SMILES string of the molecule is CC1=C(C(=O)OCc2ccccc2)C(c2ccc(C)cc2)N2C(CC(=O)N3CCN(C)CC3)=CSC2=N1. The van der Waals surface area contributed by atoms with E-state index in [9.17, 15) is 9.59 Å². The Balaban J connectivity index is 1.43. The van der Waals surface area contributed by atoms with Crippen LogP contribution >= 0.6 is 11.8 Å². The number of hydrogen-bond donors (Lipinski definition) is 0. The van der Waals surface area contributed by atoms with Gasteiger partial charge in [0.15, 0.2) is 5.17 Å². The Bertz CT molecular complexity index is 1260. The summed E-state index contributed by atoms with van der Waals surface area (Å²) in [6.07, 6.45) is 0.267. The molecule has 0 bridgehead atoms. The third-order valence-corrected chi connectivity index (χ3v) is 7.90. The fraction of sp³-hybridized carbons (Fsp3) is 0.345. The first-order valence-corrected chi connectivity index (χ1v) is 13.5. The van der Waals surface area contributed by atoms with Crippen molar-refractivity contribution in [3.8, 4) is 0 Å². The first-order chi connectivity index (χ1) is 17.9. The molecule has 0 radical (unpaired) electrons. The highest BCUT2D eigenvalue weighted by Crippen LogP contribution is 2.45. The van der Waals surface area contributed by atoms with Gasteiger partial charge in [0.1, 0.15) is 6.61 Å². The standard InChI is InChI=1S/C29H32N4O3S/c1-20-9-11-23(12-10-20)27-26(28(35)36-18-22-7-5-4-6-8-22)21(2)30-29-33(27)24(19-37-29)17-25(34)32-15-13-31(3)14-16-32/h4-12,19,27H,13-18H2,1-3H3. The Labute approximate surface area is 222 Å². The topological polar surface area (TPSA) is 65.5 Å². The lowest BCUT2D eigenvalue weighted by molar-refractivity contribution is -0.141.